The highest BCUT2D eigenvalue weighted by Gasteiger charge is 2.17. The van der Waals surface area contributed by atoms with Crippen LogP contribution in [0.3, 0.4) is 0 Å². The van der Waals surface area contributed by atoms with Crippen molar-refractivity contribution in [3.05, 3.63) is 22.2 Å². The number of hydrogen-bond donors (Lipinski definition) is 2. The number of aryl methyl sites for hydroxylation is 2. The van der Waals surface area contributed by atoms with Crippen LogP contribution in [0.25, 0.3) is 11.0 Å². The van der Waals surface area contributed by atoms with Gasteiger partial charge in [0.25, 0.3) is 0 Å². The molecule has 1 amide bonds. The van der Waals surface area contributed by atoms with Crippen LogP contribution in [0.15, 0.2) is 5.10 Å². The number of fused-ring (bicyclic) bond motifs is 1. The van der Waals surface area contributed by atoms with Gasteiger partial charge in [-0.05, 0) is 26.3 Å². The summed E-state index contributed by atoms with van der Waals surface area (Å²) in [5.41, 5.74) is 3.10. The molecule has 130 valence electrons. The van der Waals surface area contributed by atoms with E-state index < -0.39 is 6.09 Å². The van der Waals surface area contributed by atoms with E-state index in [-0.39, 0.29) is 6.54 Å². The fourth-order valence-corrected chi connectivity index (χ4v) is 2.45. The number of amides is 1. The minimum absolute atomic E-state index is 0.284. The third kappa shape index (κ3) is 4.01. The van der Waals surface area contributed by atoms with E-state index in [0.29, 0.717) is 36.1 Å². The summed E-state index contributed by atoms with van der Waals surface area (Å²) in [7, 11) is 0. The fraction of sp³-hybridized carbons (Fsp3) is 0.467. The van der Waals surface area contributed by atoms with Crippen molar-refractivity contribution in [2.24, 2.45) is 5.10 Å². The Hall–Kier alpha value is -2.19. The molecule has 0 atom stereocenters. The van der Waals surface area contributed by atoms with E-state index in [2.05, 4.69) is 20.4 Å². The molecule has 0 bridgehead atoms. The first-order valence-electron chi connectivity index (χ1n) is 7.57. The van der Waals surface area contributed by atoms with Gasteiger partial charge < -0.3 is 15.2 Å². The van der Waals surface area contributed by atoms with Gasteiger partial charge in [0.1, 0.15) is 17.6 Å². The van der Waals surface area contributed by atoms with Gasteiger partial charge in [0.05, 0.1) is 0 Å². The van der Waals surface area contributed by atoms with E-state index in [0.717, 1.165) is 16.8 Å². The van der Waals surface area contributed by atoms with Crippen molar-refractivity contribution in [2.75, 3.05) is 13.2 Å². The Bertz CT molecular complexity index is 772. The molecule has 24 heavy (non-hydrogen) atoms. The lowest BCUT2D eigenvalue weighted by Crippen LogP contribution is -2.22. The highest BCUT2D eigenvalue weighted by atomic mass is 35.5. The van der Waals surface area contributed by atoms with Crippen LogP contribution in [0, 0.1) is 13.8 Å². The zero-order chi connectivity index (χ0) is 17.7. The molecule has 0 aliphatic carbocycles. The third-order valence-electron chi connectivity index (χ3n) is 3.46. The molecule has 2 heterocycles. The fourth-order valence-electron chi connectivity index (χ4n) is 2.19. The smallest absolute Gasteiger partial charge is 0.404 e. The third-order valence-corrected chi connectivity index (χ3v) is 3.73. The number of ether oxygens (including phenoxy) is 1. The van der Waals surface area contributed by atoms with Crippen LogP contribution in [0.4, 0.5) is 4.79 Å². The summed E-state index contributed by atoms with van der Waals surface area (Å²) >= 11 is 6.22. The maximum absolute atomic E-state index is 10.4. The van der Waals surface area contributed by atoms with Crippen LogP contribution >= 0.6 is 11.6 Å². The van der Waals surface area contributed by atoms with Gasteiger partial charge in [-0.3, -0.25) is 0 Å². The van der Waals surface area contributed by atoms with Gasteiger partial charge in [0.2, 0.25) is 0 Å². The molecule has 2 N–H and O–H groups in total. The topological polar surface area (TPSA) is 102 Å². The largest absolute Gasteiger partial charge is 0.465 e. The average Bonchev–Trinajstić information content (AvgIpc) is 2.89. The Labute approximate surface area is 144 Å². The Balaban J connectivity index is 2.40. The second-order valence-corrected chi connectivity index (χ2v) is 5.46. The van der Waals surface area contributed by atoms with Crippen molar-refractivity contribution in [1.29, 1.82) is 0 Å². The molecule has 0 aromatic carbocycles. The maximum atomic E-state index is 10.4. The number of nitrogens with one attached hydrogen (secondary N) is 1. The molecule has 0 radical (unpaired) electrons. The molecule has 0 saturated heterocycles. The number of carbonyl (C=O) groups is 1. The Morgan fingerprint density at radius 1 is 1.46 bits per heavy atom. The molecule has 2 aromatic heterocycles. The zero-order valence-electron chi connectivity index (χ0n) is 13.8. The molecule has 9 heteroatoms. The van der Waals surface area contributed by atoms with Gasteiger partial charge in [-0.1, -0.05) is 11.6 Å². The summed E-state index contributed by atoms with van der Waals surface area (Å²) < 4.78 is 7.13. The van der Waals surface area contributed by atoms with Gasteiger partial charge in [0.15, 0.2) is 11.0 Å². The number of imidazole rings is 1. The van der Waals surface area contributed by atoms with Crippen LogP contribution in [0.2, 0.25) is 5.15 Å². The molecular formula is C15H20ClN5O3. The number of rotatable bonds is 7. The minimum atomic E-state index is -1.06. The van der Waals surface area contributed by atoms with E-state index in [1.165, 1.54) is 0 Å². The number of halogens is 1. The van der Waals surface area contributed by atoms with Gasteiger partial charge >= 0.3 is 6.09 Å². The summed E-state index contributed by atoms with van der Waals surface area (Å²) in [5, 5.41) is 15.6. The van der Waals surface area contributed by atoms with E-state index in [1.807, 2.05) is 20.8 Å². The first kappa shape index (κ1) is 18.2. The van der Waals surface area contributed by atoms with E-state index in [9.17, 15) is 4.79 Å². The van der Waals surface area contributed by atoms with Crippen LogP contribution in [-0.2, 0) is 11.3 Å². The van der Waals surface area contributed by atoms with Crippen LogP contribution in [-0.4, -0.2) is 45.2 Å². The second kappa shape index (κ2) is 8.07. The van der Waals surface area contributed by atoms with E-state index >= 15 is 0 Å². The molecule has 0 aliphatic rings. The number of nitrogens with zero attached hydrogens (tertiary/aromatic N) is 4. The van der Waals surface area contributed by atoms with Crippen molar-refractivity contribution in [2.45, 2.75) is 33.8 Å². The Morgan fingerprint density at radius 3 is 2.88 bits per heavy atom. The van der Waals surface area contributed by atoms with Crippen LogP contribution in [0.5, 0.6) is 0 Å². The standard InChI is InChI=1S/C15H20ClN5O3/c1-4-24-8-11-20-12-13(9(2)10(3)19-14(12)16)21(11)18-7-5-6-17-15(22)23/h7,17H,4-6,8H2,1-3H3,(H,22,23)/b18-7+. The maximum Gasteiger partial charge on any atom is 0.404 e. The highest BCUT2D eigenvalue weighted by Crippen LogP contribution is 2.27. The predicted octanol–water partition coefficient (Wildman–Crippen LogP) is 2.73. The Kier molecular flexibility index (Phi) is 6.10. The van der Waals surface area contributed by atoms with Crippen molar-refractivity contribution in [3.63, 3.8) is 0 Å². The quantitative estimate of drug-likeness (QED) is 0.452. The van der Waals surface area contributed by atoms with Gasteiger partial charge in [-0.2, -0.15) is 5.10 Å². The number of hydrogen-bond acceptors (Lipinski definition) is 5. The monoisotopic (exact) mass is 353 g/mol. The molecule has 0 spiro atoms. The molecule has 0 aliphatic heterocycles. The first-order valence-corrected chi connectivity index (χ1v) is 7.94. The van der Waals surface area contributed by atoms with Gasteiger partial charge in [0, 0.05) is 31.5 Å². The first-order chi connectivity index (χ1) is 11.5. The van der Waals surface area contributed by atoms with E-state index in [1.54, 1.807) is 10.9 Å². The molecule has 2 rings (SSSR count). The molecule has 2 aromatic rings. The lowest BCUT2D eigenvalue weighted by Gasteiger charge is -2.06. The number of carboxylic acid groups (broad SMARTS) is 1. The minimum Gasteiger partial charge on any atom is -0.465 e. The lowest BCUT2D eigenvalue weighted by atomic mass is 10.2. The highest BCUT2D eigenvalue weighted by molar-refractivity contribution is 6.33. The SMILES string of the molecule is CCOCc1nc2c(Cl)nc(C)c(C)c2n1/N=C/CCNC(=O)O. The summed E-state index contributed by atoms with van der Waals surface area (Å²) in [6, 6.07) is 0. The zero-order valence-corrected chi connectivity index (χ0v) is 14.6. The number of aromatic nitrogens is 3. The van der Waals surface area contributed by atoms with Crippen molar-refractivity contribution < 1.29 is 14.6 Å². The van der Waals surface area contributed by atoms with Gasteiger partial charge in [-0.25, -0.2) is 19.4 Å². The van der Waals surface area contributed by atoms with Crippen LogP contribution < -0.4 is 5.32 Å². The molecule has 8 nitrogen and oxygen atoms in total. The molecule has 0 fully saturated rings. The van der Waals surface area contributed by atoms with Crippen molar-refractivity contribution in [3.8, 4) is 0 Å². The molecule has 0 unspecified atom stereocenters. The normalized spacial score (nSPS) is 11.5. The molecular weight excluding hydrogens is 334 g/mol. The summed E-state index contributed by atoms with van der Waals surface area (Å²) in [6.07, 6.45) is 1.03. The van der Waals surface area contributed by atoms with E-state index in [4.69, 9.17) is 21.4 Å². The predicted molar refractivity (Wildman–Crippen MR) is 91.9 cm³/mol. The van der Waals surface area contributed by atoms with Crippen molar-refractivity contribution in [1.82, 2.24) is 20.0 Å². The van der Waals surface area contributed by atoms with Crippen molar-refractivity contribution >= 4 is 34.9 Å². The van der Waals surface area contributed by atoms with Crippen LogP contribution in [0.1, 0.15) is 30.4 Å². The average molecular weight is 354 g/mol. The summed E-state index contributed by atoms with van der Waals surface area (Å²) in [5.74, 6) is 0.617. The second-order valence-electron chi connectivity index (χ2n) is 5.11. The number of pyridine rings is 1. The molecule has 0 saturated carbocycles. The van der Waals surface area contributed by atoms with Gasteiger partial charge in [-0.15, -0.1) is 0 Å². The summed E-state index contributed by atoms with van der Waals surface area (Å²) in [4.78, 5) is 19.2. The lowest BCUT2D eigenvalue weighted by molar-refractivity contribution is 0.126. The Morgan fingerprint density at radius 2 is 2.21 bits per heavy atom. The summed E-state index contributed by atoms with van der Waals surface area (Å²) in [6.45, 7) is 6.85.